The van der Waals surface area contributed by atoms with Crippen molar-refractivity contribution in [3.8, 4) is 0 Å². The molecule has 0 saturated carbocycles. The van der Waals surface area contributed by atoms with E-state index in [0.29, 0.717) is 24.5 Å². The normalized spacial score (nSPS) is 13.9. The van der Waals surface area contributed by atoms with Gasteiger partial charge in [-0.05, 0) is 37.6 Å². The molecule has 0 amide bonds. The van der Waals surface area contributed by atoms with Crippen LogP contribution in [-0.4, -0.2) is 29.7 Å². The lowest BCUT2D eigenvalue weighted by molar-refractivity contribution is 0.0332. The monoisotopic (exact) mass is 292 g/mol. The Morgan fingerprint density at radius 1 is 1.52 bits per heavy atom. The number of carbonyl (C=O) groups excluding carboxylic acids is 1. The number of aromatic amines is 1. The van der Waals surface area contributed by atoms with Gasteiger partial charge >= 0.3 is 5.97 Å². The van der Waals surface area contributed by atoms with E-state index >= 15 is 0 Å². The molecule has 6 heteroatoms. The minimum absolute atomic E-state index is 0.332. The van der Waals surface area contributed by atoms with Crippen LogP contribution in [0, 0.1) is 6.92 Å². The van der Waals surface area contributed by atoms with Gasteiger partial charge in [0.25, 0.3) is 0 Å². The zero-order chi connectivity index (χ0) is 15.5. The first-order valence-electron chi connectivity index (χ1n) is 6.68. The van der Waals surface area contributed by atoms with E-state index in [1.807, 2.05) is 13.0 Å². The topological polar surface area (TPSA) is 87.5 Å². The predicted molar refractivity (Wildman–Crippen MR) is 76.9 cm³/mol. The van der Waals surface area contributed by atoms with Gasteiger partial charge in [0.15, 0.2) is 0 Å². The summed E-state index contributed by atoms with van der Waals surface area (Å²) in [4.78, 5) is 14.2. The van der Waals surface area contributed by atoms with Crippen molar-refractivity contribution in [2.45, 2.75) is 26.0 Å². The van der Waals surface area contributed by atoms with Crippen molar-refractivity contribution < 1.29 is 19.1 Å². The molecule has 0 saturated heterocycles. The molecule has 6 nitrogen and oxygen atoms in total. The average Bonchev–Trinajstić information content (AvgIpc) is 3.07. The van der Waals surface area contributed by atoms with E-state index in [0.717, 1.165) is 11.3 Å². The van der Waals surface area contributed by atoms with Crippen molar-refractivity contribution in [3.05, 3.63) is 47.2 Å². The summed E-state index contributed by atoms with van der Waals surface area (Å²) in [6.45, 7) is 4.37. The Morgan fingerprint density at radius 2 is 2.29 bits per heavy atom. The summed E-state index contributed by atoms with van der Waals surface area (Å²) in [7, 11) is 1.34. The number of carbonyl (C=O) groups is 1. The van der Waals surface area contributed by atoms with E-state index in [-0.39, 0.29) is 0 Å². The fourth-order valence-electron chi connectivity index (χ4n) is 2.03. The summed E-state index contributed by atoms with van der Waals surface area (Å²) < 4.78 is 10.1. The Hall–Kier alpha value is -2.05. The first-order chi connectivity index (χ1) is 9.92. The number of H-pyrrole nitrogens is 1. The van der Waals surface area contributed by atoms with Gasteiger partial charge in [-0.3, -0.25) is 0 Å². The molecule has 0 aliphatic rings. The molecular weight excluding hydrogens is 272 g/mol. The number of ether oxygens (including phenoxy) is 1. The van der Waals surface area contributed by atoms with Crippen LogP contribution in [0.1, 0.15) is 34.5 Å². The van der Waals surface area contributed by atoms with Gasteiger partial charge in [0, 0.05) is 19.3 Å². The minimum Gasteiger partial charge on any atom is -0.464 e. The molecule has 2 rings (SSSR count). The van der Waals surface area contributed by atoms with Crippen LogP contribution in [0.25, 0.3) is 0 Å². The number of hydrogen-bond donors (Lipinski definition) is 3. The molecule has 0 bridgehead atoms. The Kier molecular flexibility index (Phi) is 4.50. The summed E-state index contributed by atoms with van der Waals surface area (Å²) >= 11 is 0. The van der Waals surface area contributed by atoms with Crippen molar-refractivity contribution in [3.63, 3.8) is 0 Å². The molecule has 0 radical (unpaired) electrons. The van der Waals surface area contributed by atoms with E-state index < -0.39 is 11.6 Å². The summed E-state index contributed by atoms with van der Waals surface area (Å²) in [6.07, 6.45) is 1.73. The standard InChI is InChI=1S/C15H20N2O4/c1-10-4-5-13(21-10)15(2,19)9-16-7-11-6-12(17-8-11)14(18)20-3/h4-6,8,16-17,19H,7,9H2,1-3H3. The highest BCUT2D eigenvalue weighted by atomic mass is 16.5. The number of rotatable bonds is 6. The Morgan fingerprint density at radius 3 is 2.90 bits per heavy atom. The lowest BCUT2D eigenvalue weighted by atomic mass is 10.0. The summed E-state index contributed by atoms with van der Waals surface area (Å²) in [5.74, 6) is 0.884. The molecule has 0 aliphatic heterocycles. The second-order valence-electron chi connectivity index (χ2n) is 5.20. The van der Waals surface area contributed by atoms with Gasteiger partial charge in [-0.25, -0.2) is 4.79 Å². The smallest absolute Gasteiger partial charge is 0.354 e. The highest BCUT2D eigenvalue weighted by Gasteiger charge is 2.26. The van der Waals surface area contributed by atoms with Crippen LogP contribution in [-0.2, 0) is 16.9 Å². The van der Waals surface area contributed by atoms with Crippen LogP contribution in [0.2, 0.25) is 0 Å². The molecule has 0 spiro atoms. The van der Waals surface area contributed by atoms with Crippen molar-refractivity contribution in [2.24, 2.45) is 0 Å². The Bertz CT molecular complexity index is 613. The summed E-state index contributed by atoms with van der Waals surface area (Å²) in [5, 5.41) is 13.5. The van der Waals surface area contributed by atoms with E-state index in [9.17, 15) is 9.90 Å². The van der Waals surface area contributed by atoms with Crippen LogP contribution in [0.15, 0.2) is 28.8 Å². The fourth-order valence-corrected chi connectivity index (χ4v) is 2.03. The number of aliphatic hydroxyl groups is 1. The fraction of sp³-hybridized carbons (Fsp3) is 0.400. The van der Waals surface area contributed by atoms with Gasteiger partial charge in [-0.15, -0.1) is 0 Å². The van der Waals surface area contributed by atoms with Crippen molar-refractivity contribution in [1.82, 2.24) is 10.3 Å². The van der Waals surface area contributed by atoms with Gasteiger partial charge in [-0.1, -0.05) is 0 Å². The molecule has 0 fully saturated rings. The molecule has 0 aliphatic carbocycles. The van der Waals surface area contributed by atoms with Gasteiger partial charge in [0.2, 0.25) is 0 Å². The molecule has 2 aromatic heterocycles. The highest BCUT2D eigenvalue weighted by molar-refractivity contribution is 5.87. The van der Waals surface area contributed by atoms with Gasteiger partial charge in [-0.2, -0.15) is 0 Å². The van der Waals surface area contributed by atoms with E-state index in [1.165, 1.54) is 7.11 Å². The SMILES string of the molecule is COC(=O)c1cc(CNCC(C)(O)c2ccc(C)o2)c[nH]1. The number of furan rings is 1. The molecule has 1 unspecified atom stereocenters. The molecule has 0 aromatic carbocycles. The van der Waals surface area contributed by atoms with Crippen molar-refractivity contribution >= 4 is 5.97 Å². The zero-order valence-corrected chi connectivity index (χ0v) is 12.4. The molecule has 21 heavy (non-hydrogen) atoms. The third kappa shape index (κ3) is 3.74. The zero-order valence-electron chi connectivity index (χ0n) is 12.4. The van der Waals surface area contributed by atoms with Crippen LogP contribution < -0.4 is 5.32 Å². The van der Waals surface area contributed by atoms with Crippen molar-refractivity contribution in [1.29, 1.82) is 0 Å². The molecular formula is C15H20N2O4. The predicted octanol–water partition coefficient (Wildman–Crippen LogP) is 1.70. The average molecular weight is 292 g/mol. The lowest BCUT2D eigenvalue weighted by Gasteiger charge is -2.21. The number of esters is 1. The van der Waals surface area contributed by atoms with Crippen LogP contribution >= 0.6 is 0 Å². The van der Waals surface area contributed by atoms with Gasteiger partial charge in [0.05, 0.1) is 7.11 Å². The largest absolute Gasteiger partial charge is 0.464 e. The maximum Gasteiger partial charge on any atom is 0.354 e. The molecule has 2 aromatic rings. The van der Waals surface area contributed by atoms with E-state index in [1.54, 1.807) is 25.3 Å². The number of nitrogens with one attached hydrogen (secondary N) is 2. The molecule has 3 N–H and O–H groups in total. The minimum atomic E-state index is -1.09. The number of aryl methyl sites for hydroxylation is 1. The maximum absolute atomic E-state index is 11.3. The number of aromatic nitrogens is 1. The first-order valence-corrected chi connectivity index (χ1v) is 6.68. The van der Waals surface area contributed by atoms with Crippen LogP contribution in [0.5, 0.6) is 0 Å². The number of hydrogen-bond acceptors (Lipinski definition) is 5. The lowest BCUT2D eigenvalue weighted by Crippen LogP contribution is -2.34. The highest BCUT2D eigenvalue weighted by Crippen LogP contribution is 2.22. The van der Waals surface area contributed by atoms with Crippen molar-refractivity contribution in [2.75, 3.05) is 13.7 Å². The van der Waals surface area contributed by atoms with Crippen LogP contribution in [0.3, 0.4) is 0 Å². The molecule has 114 valence electrons. The first kappa shape index (κ1) is 15.3. The molecule has 2 heterocycles. The maximum atomic E-state index is 11.3. The van der Waals surface area contributed by atoms with E-state index in [4.69, 9.17) is 4.42 Å². The van der Waals surface area contributed by atoms with E-state index in [2.05, 4.69) is 15.0 Å². The van der Waals surface area contributed by atoms with Gasteiger partial charge < -0.3 is 24.6 Å². The Balaban J connectivity index is 1.89. The van der Waals surface area contributed by atoms with Gasteiger partial charge in [0.1, 0.15) is 22.8 Å². The number of methoxy groups -OCH3 is 1. The van der Waals surface area contributed by atoms with Crippen LogP contribution in [0.4, 0.5) is 0 Å². The quantitative estimate of drug-likeness (QED) is 0.705. The summed E-state index contributed by atoms with van der Waals surface area (Å²) in [5.41, 5.74) is 0.222. The second-order valence-corrected chi connectivity index (χ2v) is 5.20. The molecule has 1 atom stereocenters. The Labute approximate surface area is 123 Å². The summed E-state index contributed by atoms with van der Waals surface area (Å²) in [6, 6.07) is 5.30. The second kappa shape index (κ2) is 6.15. The third-order valence-corrected chi connectivity index (χ3v) is 3.22. The third-order valence-electron chi connectivity index (χ3n) is 3.22.